The molecule has 92 valence electrons. The van der Waals surface area contributed by atoms with E-state index in [0.29, 0.717) is 6.61 Å². The molecule has 1 aromatic heterocycles. The number of ether oxygens (including phenoxy) is 1. The summed E-state index contributed by atoms with van der Waals surface area (Å²) in [5.41, 5.74) is 4.46. The van der Waals surface area contributed by atoms with Crippen molar-refractivity contribution in [2.24, 2.45) is 0 Å². The zero-order chi connectivity index (χ0) is 12.5. The Bertz CT molecular complexity index is 634. The molecule has 2 aromatic rings. The minimum Gasteiger partial charge on any atom is -0.377 e. The molecule has 0 saturated carbocycles. The van der Waals surface area contributed by atoms with Gasteiger partial charge in [0.05, 0.1) is 23.8 Å². The molecule has 0 fully saturated rings. The predicted octanol–water partition coefficient (Wildman–Crippen LogP) is 4.00. The first kappa shape index (κ1) is 11.7. The van der Waals surface area contributed by atoms with Crippen LogP contribution in [0.15, 0.2) is 30.3 Å². The number of fused-ring (bicyclic) bond motifs is 1. The maximum Gasteiger partial charge on any atom is 0.0720 e. The molecule has 1 aromatic carbocycles. The average molecular weight is 260 g/mol. The second kappa shape index (κ2) is 4.71. The van der Waals surface area contributed by atoms with Crippen LogP contribution in [0.2, 0.25) is 5.02 Å². The van der Waals surface area contributed by atoms with Crippen LogP contribution in [0, 0.1) is 6.92 Å². The summed E-state index contributed by atoms with van der Waals surface area (Å²) in [5, 5.41) is 1.79. The number of aromatic nitrogens is 1. The van der Waals surface area contributed by atoms with Crippen LogP contribution in [-0.4, -0.2) is 18.2 Å². The fraction of sp³-hybridized carbons (Fsp3) is 0.267. The monoisotopic (exact) mass is 259 g/mol. The summed E-state index contributed by atoms with van der Waals surface area (Å²) < 4.78 is 5.33. The summed E-state index contributed by atoms with van der Waals surface area (Å²) in [6, 6.07) is 8.19. The molecule has 3 rings (SSSR count). The van der Waals surface area contributed by atoms with Gasteiger partial charge in [0, 0.05) is 11.1 Å². The van der Waals surface area contributed by atoms with Crippen LogP contribution in [0.5, 0.6) is 0 Å². The first-order chi connectivity index (χ1) is 8.74. The number of pyridine rings is 1. The Balaban J connectivity index is 2.13. The minimum atomic E-state index is 0.702. The fourth-order valence-corrected chi connectivity index (χ4v) is 2.61. The highest BCUT2D eigenvalue weighted by Gasteiger charge is 2.09. The van der Waals surface area contributed by atoms with Gasteiger partial charge in [-0.2, -0.15) is 0 Å². The van der Waals surface area contributed by atoms with Gasteiger partial charge < -0.3 is 4.74 Å². The van der Waals surface area contributed by atoms with Crippen molar-refractivity contribution in [3.63, 3.8) is 0 Å². The molecule has 0 unspecified atom stereocenters. The van der Waals surface area contributed by atoms with Gasteiger partial charge >= 0.3 is 0 Å². The van der Waals surface area contributed by atoms with Crippen molar-refractivity contribution in [2.45, 2.75) is 13.3 Å². The Morgan fingerprint density at radius 1 is 1.28 bits per heavy atom. The van der Waals surface area contributed by atoms with E-state index in [0.717, 1.165) is 34.6 Å². The molecule has 0 bridgehead atoms. The SMILES string of the molecule is Cc1cc(Cl)c2cc(C3=CCOCC3)ccc2n1. The van der Waals surface area contributed by atoms with Gasteiger partial charge in [0.15, 0.2) is 0 Å². The highest BCUT2D eigenvalue weighted by molar-refractivity contribution is 6.35. The molecule has 0 amide bonds. The molecule has 0 saturated heterocycles. The smallest absolute Gasteiger partial charge is 0.0720 e. The second-order valence-electron chi connectivity index (χ2n) is 4.53. The quantitative estimate of drug-likeness (QED) is 0.772. The molecule has 0 radical (unpaired) electrons. The Kier molecular flexibility index (Phi) is 3.06. The van der Waals surface area contributed by atoms with Gasteiger partial charge in [-0.25, -0.2) is 0 Å². The standard InChI is InChI=1S/C15H14ClNO/c1-10-8-14(16)13-9-12(2-3-15(13)17-10)11-4-6-18-7-5-11/h2-4,8-9H,5-7H2,1H3. The lowest BCUT2D eigenvalue weighted by Crippen LogP contribution is -2.03. The molecule has 0 N–H and O–H groups in total. The Labute approximate surface area is 111 Å². The van der Waals surface area contributed by atoms with E-state index >= 15 is 0 Å². The molecule has 1 aliphatic rings. The number of hydrogen-bond acceptors (Lipinski definition) is 2. The third kappa shape index (κ3) is 2.14. The van der Waals surface area contributed by atoms with Crippen molar-refractivity contribution < 1.29 is 4.74 Å². The summed E-state index contributed by atoms with van der Waals surface area (Å²) in [5.74, 6) is 0. The van der Waals surface area contributed by atoms with Gasteiger partial charge in [-0.05, 0) is 42.7 Å². The van der Waals surface area contributed by atoms with Crippen LogP contribution in [0.3, 0.4) is 0 Å². The van der Waals surface area contributed by atoms with E-state index in [1.165, 1.54) is 11.1 Å². The molecule has 3 heteroatoms. The lowest BCUT2D eigenvalue weighted by atomic mass is 9.99. The highest BCUT2D eigenvalue weighted by Crippen LogP contribution is 2.28. The van der Waals surface area contributed by atoms with Gasteiger partial charge in [-0.15, -0.1) is 0 Å². The van der Waals surface area contributed by atoms with Crippen LogP contribution in [-0.2, 0) is 4.74 Å². The lowest BCUT2D eigenvalue weighted by molar-refractivity contribution is 0.161. The van der Waals surface area contributed by atoms with Crippen LogP contribution < -0.4 is 0 Å². The second-order valence-corrected chi connectivity index (χ2v) is 4.94. The van der Waals surface area contributed by atoms with Gasteiger partial charge in [-0.3, -0.25) is 4.98 Å². The van der Waals surface area contributed by atoms with E-state index in [4.69, 9.17) is 16.3 Å². The van der Waals surface area contributed by atoms with E-state index in [1.54, 1.807) is 0 Å². The Morgan fingerprint density at radius 3 is 2.94 bits per heavy atom. The number of aryl methyl sites for hydroxylation is 1. The molecule has 18 heavy (non-hydrogen) atoms. The fourth-order valence-electron chi connectivity index (χ4n) is 2.30. The molecular formula is C15H14ClNO. The van der Waals surface area contributed by atoms with Crippen molar-refractivity contribution in [3.05, 3.63) is 46.6 Å². The van der Waals surface area contributed by atoms with Gasteiger partial charge in [-0.1, -0.05) is 23.7 Å². The van der Waals surface area contributed by atoms with E-state index < -0.39 is 0 Å². The third-order valence-corrected chi connectivity index (χ3v) is 3.53. The number of nitrogens with zero attached hydrogens (tertiary/aromatic N) is 1. The van der Waals surface area contributed by atoms with Crippen LogP contribution in [0.1, 0.15) is 17.7 Å². The van der Waals surface area contributed by atoms with Crippen LogP contribution in [0.25, 0.3) is 16.5 Å². The number of hydrogen-bond donors (Lipinski definition) is 0. The van der Waals surface area contributed by atoms with Crippen molar-refractivity contribution >= 4 is 28.1 Å². The minimum absolute atomic E-state index is 0.702. The van der Waals surface area contributed by atoms with Crippen molar-refractivity contribution in [2.75, 3.05) is 13.2 Å². The van der Waals surface area contributed by atoms with Gasteiger partial charge in [0.2, 0.25) is 0 Å². The summed E-state index contributed by atoms with van der Waals surface area (Å²) in [6.45, 7) is 3.46. The first-order valence-electron chi connectivity index (χ1n) is 6.08. The lowest BCUT2D eigenvalue weighted by Gasteiger charge is -2.14. The summed E-state index contributed by atoms with van der Waals surface area (Å²) >= 11 is 6.29. The van der Waals surface area contributed by atoms with E-state index in [2.05, 4.69) is 23.2 Å². The van der Waals surface area contributed by atoms with E-state index in [-0.39, 0.29) is 0 Å². The first-order valence-corrected chi connectivity index (χ1v) is 6.46. The molecule has 0 atom stereocenters. The Morgan fingerprint density at radius 2 is 2.17 bits per heavy atom. The maximum atomic E-state index is 6.29. The summed E-state index contributed by atoms with van der Waals surface area (Å²) in [4.78, 5) is 4.49. The molecular weight excluding hydrogens is 246 g/mol. The molecule has 1 aliphatic heterocycles. The maximum absolute atomic E-state index is 6.29. The Hall–Kier alpha value is -1.38. The number of rotatable bonds is 1. The number of benzene rings is 1. The van der Waals surface area contributed by atoms with E-state index in [1.807, 2.05) is 19.1 Å². The predicted molar refractivity (Wildman–Crippen MR) is 74.9 cm³/mol. The molecule has 0 aliphatic carbocycles. The summed E-state index contributed by atoms with van der Waals surface area (Å²) in [6.07, 6.45) is 3.10. The zero-order valence-corrected chi connectivity index (χ0v) is 11.0. The van der Waals surface area contributed by atoms with Crippen LogP contribution in [0.4, 0.5) is 0 Å². The van der Waals surface area contributed by atoms with Gasteiger partial charge in [0.25, 0.3) is 0 Å². The molecule has 2 heterocycles. The summed E-state index contributed by atoms with van der Waals surface area (Å²) in [7, 11) is 0. The van der Waals surface area contributed by atoms with Crippen molar-refractivity contribution in [1.82, 2.24) is 4.98 Å². The van der Waals surface area contributed by atoms with Gasteiger partial charge in [0.1, 0.15) is 0 Å². The third-order valence-electron chi connectivity index (χ3n) is 3.22. The normalized spacial score (nSPS) is 15.8. The van der Waals surface area contributed by atoms with E-state index in [9.17, 15) is 0 Å². The largest absolute Gasteiger partial charge is 0.377 e. The van der Waals surface area contributed by atoms with Crippen molar-refractivity contribution in [1.29, 1.82) is 0 Å². The molecule has 2 nitrogen and oxygen atoms in total. The average Bonchev–Trinajstić information content (AvgIpc) is 2.39. The zero-order valence-electron chi connectivity index (χ0n) is 10.2. The van der Waals surface area contributed by atoms with Crippen molar-refractivity contribution in [3.8, 4) is 0 Å². The van der Waals surface area contributed by atoms with Crippen LogP contribution >= 0.6 is 11.6 Å². The number of halogens is 1. The molecule has 0 spiro atoms. The topological polar surface area (TPSA) is 22.1 Å². The highest BCUT2D eigenvalue weighted by atomic mass is 35.5.